The molecule has 0 aliphatic heterocycles. The van der Waals surface area contributed by atoms with E-state index < -0.39 is 0 Å². The van der Waals surface area contributed by atoms with Crippen molar-refractivity contribution >= 4 is 9.24 Å². The molecule has 1 rings (SSSR count). The summed E-state index contributed by atoms with van der Waals surface area (Å²) in [4.78, 5) is 0. The first-order chi connectivity index (χ1) is 5.20. The van der Waals surface area contributed by atoms with Crippen molar-refractivity contribution in [3.8, 4) is 11.5 Å². The van der Waals surface area contributed by atoms with E-state index in [1.807, 2.05) is 13.6 Å². The van der Waals surface area contributed by atoms with Gasteiger partial charge in [-0.15, -0.1) is 9.24 Å². The van der Waals surface area contributed by atoms with Gasteiger partial charge in [0.15, 0.2) is 11.5 Å². The predicted octanol–water partition coefficient (Wildman–Crippen LogP) is 1.90. The van der Waals surface area contributed by atoms with Gasteiger partial charge in [0.05, 0.1) is 0 Å². The Balaban J connectivity index is 0.000000461. The van der Waals surface area contributed by atoms with E-state index in [2.05, 4.69) is 9.24 Å². The molecular formula is C8H13O2P. The van der Waals surface area contributed by atoms with Gasteiger partial charge in [-0.25, -0.2) is 0 Å². The molecule has 62 valence electrons. The third kappa shape index (κ3) is 3.24. The third-order valence-electron chi connectivity index (χ3n) is 1.13. The minimum absolute atomic E-state index is 0.0602. The summed E-state index contributed by atoms with van der Waals surface area (Å²) >= 11 is 0. The van der Waals surface area contributed by atoms with Crippen LogP contribution in [0.5, 0.6) is 11.5 Å². The van der Waals surface area contributed by atoms with Crippen molar-refractivity contribution in [3.05, 3.63) is 23.8 Å². The fourth-order valence-corrected chi connectivity index (χ4v) is 0.633. The fraction of sp³-hybridized carbons (Fsp3) is 0.250. The molecule has 1 aromatic carbocycles. The molecule has 0 saturated heterocycles. The van der Waals surface area contributed by atoms with Crippen LogP contribution in [0.15, 0.2) is 18.2 Å². The van der Waals surface area contributed by atoms with Crippen molar-refractivity contribution in [1.29, 1.82) is 0 Å². The number of hydrogen-bond donors (Lipinski definition) is 2. The van der Waals surface area contributed by atoms with Crippen LogP contribution >= 0.6 is 9.24 Å². The molecule has 0 aliphatic rings. The fourth-order valence-electron chi connectivity index (χ4n) is 0.633. The summed E-state index contributed by atoms with van der Waals surface area (Å²) in [6.45, 7) is 3.76. The highest BCUT2D eigenvalue weighted by atomic mass is 31.0. The summed E-state index contributed by atoms with van der Waals surface area (Å²) in [7, 11) is 2.42. The van der Waals surface area contributed by atoms with Crippen molar-refractivity contribution in [2.45, 2.75) is 6.92 Å². The molecule has 1 atom stereocenters. The summed E-state index contributed by atoms with van der Waals surface area (Å²) < 4.78 is 0. The number of rotatable bonds is 0. The van der Waals surface area contributed by atoms with Crippen LogP contribution in [-0.4, -0.2) is 16.9 Å². The van der Waals surface area contributed by atoms with E-state index in [1.165, 1.54) is 12.1 Å². The molecule has 3 heteroatoms. The maximum Gasteiger partial charge on any atom is 0.157 e. The van der Waals surface area contributed by atoms with Crippen molar-refractivity contribution < 1.29 is 10.2 Å². The van der Waals surface area contributed by atoms with E-state index in [4.69, 9.17) is 10.2 Å². The molecule has 0 saturated carbocycles. The zero-order chi connectivity index (χ0) is 8.85. The van der Waals surface area contributed by atoms with Gasteiger partial charge in [0.25, 0.3) is 0 Å². The van der Waals surface area contributed by atoms with Crippen LogP contribution in [0.3, 0.4) is 0 Å². The molecule has 0 aliphatic carbocycles. The molecule has 0 aromatic heterocycles. The minimum atomic E-state index is -0.0689. The lowest BCUT2D eigenvalue weighted by molar-refractivity contribution is 0.403. The predicted molar refractivity (Wildman–Crippen MR) is 50.1 cm³/mol. The lowest BCUT2D eigenvalue weighted by Crippen LogP contribution is -1.70. The monoisotopic (exact) mass is 172 g/mol. The Bertz CT molecular complexity index is 223. The highest BCUT2D eigenvalue weighted by Gasteiger charge is 1.94. The number of aromatic hydroxyl groups is 2. The van der Waals surface area contributed by atoms with Crippen molar-refractivity contribution in [3.63, 3.8) is 0 Å². The second-order valence-corrected chi connectivity index (χ2v) is 1.99. The molecule has 2 nitrogen and oxygen atoms in total. The molecule has 0 heterocycles. The first-order valence-electron chi connectivity index (χ1n) is 3.26. The summed E-state index contributed by atoms with van der Waals surface area (Å²) in [6, 6.07) is 4.70. The van der Waals surface area contributed by atoms with Crippen LogP contribution < -0.4 is 0 Å². The highest BCUT2D eigenvalue weighted by molar-refractivity contribution is 7.15. The van der Waals surface area contributed by atoms with Gasteiger partial charge in [0, 0.05) is 0 Å². The van der Waals surface area contributed by atoms with Crippen LogP contribution in [0.4, 0.5) is 0 Å². The van der Waals surface area contributed by atoms with Gasteiger partial charge in [-0.1, -0.05) is 12.7 Å². The summed E-state index contributed by atoms with van der Waals surface area (Å²) in [5, 5.41) is 17.6. The molecule has 0 bridgehead atoms. The molecular weight excluding hydrogens is 159 g/mol. The maximum atomic E-state index is 8.85. The Morgan fingerprint density at radius 3 is 2.00 bits per heavy atom. The van der Waals surface area contributed by atoms with Gasteiger partial charge in [-0.05, 0) is 24.6 Å². The molecule has 0 fully saturated rings. The molecule has 0 spiro atoms. The zero-order valence-corrected chi connectivity index (χ0v) is 7.86. The average molecular weight is 172 g/mol. The van der Waals surface area contributed by atoms with E-state index in [1.54, 1.807) is 6.07 Å². The van der Waals surface area contributed by atoms with Gasteiger partial charge >= 0.3 is 0 Å². The van der Waals surface area contributed by atoms with Crippen molar-refractivity contribution in [1.82, 2.24) is 0 Å². The lowest BCUT2D eigenvalue weighted by Gasteiger charge is -1.95. The molecule has 1 unspecified atom stereocenters. The molecule has 2 N–H and O–H groups in total. The first-order valence-corrected chi connectivity index (χ1v) is 4.42. The van der Waals surface area contributed by atoms with Crippen LogP contribution in [0, 0.1) is 6.92 Å². The number of aryl methyl sites for hydroxylation is 1. The van der Waals surface area contributed by atoms with Gasteiger partial charge < -0.3 is 10.2 Å². The van der Waals surface area contributed by atoms with Crippen LogP contribution in [0.1, 0.15) is 5.56 Å². The Morgan fingerprint density at radius 1 is 1.09 bits per heavy atom. The summed E-state index contributed by atoms with van der Waals surface area (Å²) in [5.41, 5.74) is 0.935. The SMILES string of the molecule is CP.Cc1ccc(O)c(O)c1. The van der Waals surface area contributed by atoms with E-state index in [9.17, 15) is 0 Å². The molecule has 1 aromatic rings. The molecule has 11 heavy (non-hydrogen) atoms. The Morgan fingerprint density at radius 2 is 1.64 bits per heavy atom. The quantitative estimate of drug-likeness (QED) is 0.463. The number of hydrogen-bond acceptors (Lipinski definition) is 2. The molecule has 0 radical (unpaired) electrons. The van der Waals surface area contributed by atoms with Crippen LogP contribution in [0.25, 0.3) is 0 Å². The van der Waals surface area contributed by atoms with Gasteiger partial charge in [-0.2, -0.15) is 0 Å². The summed E-state index contributed by atoms with van der Waals surface area (Å²) in [6.07, 6.45) is 0. The van der Waals surface area contributed by atoms with Gasteiger partial charge in [0.1, 0.15) is 0 Å². The Labute approximate surface area is 69.1 Å². The van der Waals surface area contributed by atoms with Crippen LogP contribution in [0.2, 0.25) is 0 Å². The first kappa shape index (κ1) is 10.2. The average Bonchev–Trinajstić information content (AvgIpc) is 2.02. The van der Waals surface area contributed by atoms with E-state index >= 15 is 0 Å². The second kappa shape index (κ2) is 4.97. The smallest absolute Gasteiger partial charge is 0.157 e. The molecule has 0 amide bonds. The standard InChI is InChI=1S/C7H8O2.CH5P/c1-5-2-3-6(8)7(9)4-5;1-2/h2-4,8-9H,1H3;2H2,1H3. The minimum Gasteiger partial charge on any atom is -0.504 e. The van der Waals surface area contributed by atoms with Gasteiger partial charge in [0.2, 0.25) is 0 Å². The largest absolute Gasteiger partial charge is 0.504 e. The highest BCUT2D eigenvalue weighted by Crippen LogP contribution is 2.23. The number of phenols is 2. The van der Waals surface area contributed by atoms with Gasteiger partial charge in [-0.3, -0.25) is 0 Å². The van der Waals surface area contributed by atoms with Crippen molar-refractivity contribution in [2.75, 3.05) is 6.66 Å². The second-order valence-electron chi connectivity index (χ2n) is 1.99. The lowest BCUT2D eigenvalue weighted by atomic mass is 10.2. The number of benzene rings is 1. The van der Waals surface area contributed by atoms with Crippen molar-refractivity contribution in [2.24, 2.45) is 0 Å². The zero-order valence-electron chi connectivity index (χ0n) is 6.70. The van der Waals surface area contributed by atoms with E-state index in [0.29, 0.717) is 0 Å². The Kier molecular flexibility index (Phi) is 4.64. The number of phenolic OH excluding ortho intramolecular Hbond substituents is 2. The van der Waals surface area contributed by atoms with E-state index in [0.717, 1.165) is 5.56 Å². The van der Waals surface area contributed by atoms with E-state index in [-0.39, 0.29) is 11.5 Å². The maximum absolute atomic E-state index is 8.85. The van der Waals surface area contributed by atoms with Crippen LogP contribution in [-0.2, 0) is 0 Å². The normalized spacial score (nSPS) is 8.27. The third-order valence-corrected chi connectivity index (χ3v) is 1.13. The Hall–Kier alpha value is -0.750. The summed E-state index contributed by atoms with van der Waals surface area (Å²) in [5.74, 6) is -0.129. The topological polar surface area (TPSA) is 40.5 Å².